The van der Waals surface area contributed by atoms with E-state index in [0.29, 0.717) is 6.54 Å². The van der Waals surface area contributed by atoms with Crippen LogP contribution in [0.15, 0.2) is 4.34 Å². The van der Waals surface area contributed by atoms with E-state index in [0.717, 1.165) is 40.8 Å². The van der Waals surface area contributed by atoms with Crippen molar-refractivity contribution in [3.8, 4) is 0 Å². The van der Waals surface area contributed by atoms with Crippen LogP contribution in [0, 0.1) is 12.8 Å². The number of carboxylic acid groups (broad SMARTS) is 1. The van der Waals surface area contributed by atoms with Crippen LogP contribution in [0.25, 0.3) is 0 Å². The van der Waals surface area contributed by atoms with Crippen LogP contribution in [0.2, 0.25) is 0 Å². The quantitative estimate of drug-likeness (QED) is 0.753. The molecule has 7 heteroatoms. The van der Waals surface area contributed by atoms with E-state index >= 15 is 0 Å². The summed E-state index contributed by atoms with van der Waals surface area (Å²) in [6.45, 7) is 4.61. The Morgan fingerprint density at radius 1 is 1.60 bits per heavy atom. The number of hydrogen-bond acceptors (Lipinski definition) is 6. The maximum atomic E-state index is 11.7. The van der Waals surface area contributed by atoms with Gasteiger partial charge in [-0.2, -0.15) is 0 Å². The molecule has 1 aliphatic rings. The lowest BCUT2D eigenvalue weighted by Gasteiger charge is -2.32. The molecule has 1 aromatic rings. The molecule has 0 amide bonds. The topological polar surface area (TPSA) is 75.1 Å². The summed E-state index contributed by atoms with van der Waals surface area (Å²) in [6, 6.07) is 0. The number of nitrogens with zero attached hydrogens (tertiary/aromatic N) is 2. The fourth-order valence-corrected chi connectivity index (χ4v) is 4.94. The number of aliphatic carboxylic acids is 1. The second-order valence-electron chi connectivity index (χ2n) is 5.12. The number of carbonyl (C=O) groups is 1. The maximum absolute atomic E-state index is 11.7. The van der Waals surface area contributed by atoms with Crippen LogP contribution in [0.1, 0.15) is 37.6 Å². The van der Waals surface area contributed by atoms with Crippen molar-refractivity contribution in [1.82, 2.24) is 15.5 Å². The minimum Gasteiger partial charge on any atom is -0.480 e. The van der Waals surface area contributed by atoms with Gasteiger partial charge in [-0.15, -0.1) is 10.2 Å². The van der Waals surface area contributed by atoms with Crippen molar-refractivity contribution < 1.29 is 9.90 Å². The molecule has 2 rings (SSSR count). The standard InChI is InChI=1S/C13H21N3O2S2/c1-3-14-13(11(17)18)7-4-5-10(13)6-8-19-12-16-15-9(2)20-12/h10,14H,3-8H2,1-2H3,(H,17,18). The van der Waals surface area contributed by atoms with Gasteiger partial charge in [-0.3, -0.25) is 4.79 Å². The van der Waals surface area contributed by atoms with Crippen molar-refractivity contribution in [2.45, 2.75) is 49.4 Å². The summed E-state index contributed by atoms with van der Waals surface area (Å²) in [5, 5.41) is 21.9. The van der Waals surface area contributed by atoms with E-state index in [1.54, 1.807) is 23.1 Å². The number of aromatic nitrogens is 2. The van der Waals surface area contributed by atoms with Gasteiger partial charge in [0.1, 0.15) is 10.5 Å². The first-order valence-electron chi connectivity index (χ1n) is 7.00. The summed E-state index contributed by atoms with van der Waals surface area (Å²) in [4.78, 5) is 11.7. The Morgan fingerprint density at radius 2 is 2.40 bits per heavy atom. The number of likely N-dealkylation sites (N-methyl/N-ethyl adjacent to an activating group) is 1. The molecule has 1 saturated carbocycles. The maximum Gasteiger partial charge on any atom is 0.324 e. The molecule has 0 bridgehead atoms. The number of thioether (sulfide) groups is 1. The van der Waals surface area contributed by atoms with E-state index < -0.39 is 11.5 Å². The molecular weight excluding hydrogens is 294 g/mol. The third-order valence-corrected chi connectivity index (χ3v) is 5.90. The van der Waals surface area contributed by atoms with E-state index in [9.17, 15) is 9.90 Å². The molecule has 0 saturated heterocycles. The fraction of sp³-hybridized carbons (Fsp3) is 0.769. The summed E-state index contributed by atoms with van der Waals surface area (Å²) >= 11 is 3.28. The first-order chi connectivity index (χ1) is 9.58. The molecule has 2 unspecified atom stereocenters. The zero-order valence-electron chi connectivity index (χ0n) is 11.9. The van der Waals surface area contributed by atoms with Crippen molar-refractivity contribution in [3.63, 3.8) is 0 Å². The average molecular weight is 315 g/mol. The van der Waals surface area contributed by atoms with Gasteiger partial charge in [0.15, 0.2) is 4.34 Å². The van der Waals surface area contributed by atoms with Crippen molar-refractivity contribution in [3.05, 3.63) is 5.01 Å². The highest BCUT2D eigenvalue weighted by molar-refractivity contribution is 8.01. The van der Waals surface area contributed by atoms with Gasteiger partial charge in [-0.1, -0.05) is 36.4 Å². The minimum atomic E-state index is -0.716. The summed E-state index contributed by atoms with van der Waals surface area (Å²) < 4.78 is 0.977. The van der Waals surface area contributed by atoms with Crippen LogP contribution >= 0.6 is 23.1 Å². The van der Waals surface area contributed by atoms with Gasteiger partial charge in [0, 0.05) is 5.75 Å². The first-order valence-corrected chi connectivity index (χ1v) is 8.80. The number of nitrogens with one attached hydrogen (secondary N) is 1. The van der Waals surface area contributed by atoms with Crippen LogP contribution < -0.4 is 5.32 Å². The third-order valence-electron chi connectivity index (χ3n) is 3.89. The van der Waals surface area contributed by atoms with E-state index in [1.165, 1.54) is 0 Å². The molecule has 1 aliphatic carbocycles. The Balaban J connectivity index is 1.91. The van der Waals surface area contributed by atoms with Gasteiger partial charge in [-0.05, 0) is 38.6 Å². The summed E-state index contributed by atoms with van der Waals surface area (Å²) in [5.41, 5.74) is -0.716. The Bertz CT molecular complexity index is 466. The monoisotopic (exact) mass is 315 g/mol. The molecule has 2 N–H and O–H groups in total. The zero-order valence-corrected chi connectivity index (χ0v) is 13.5. The van der Waals surface area contributed by atoms with Crippen molar-refractivity contribution in [1.29, 1.82) is 0 Å². The SMILES string of the molecule is CCNC1(C(=O)O)CCCC1CCSc1nnc(C)s1. The molecule has 1 aromatic heterocycles. The van der Waals surface area contributed by atoms with Crippen molar-refractivity contribution in [2.75, 3.05) is 12.3 Å². The van der Waals surface area contributed by atoms with E-state index in [2.05, 4.69) is 15.5 Å². The van der Waals surface area contributed by atoms with Crippen LogP contribution in [-0.4, -0.2) is 39.1 Å². The van der Waals surface area contributed by atoms with E-state index in [4.69, 9.17) is 0 Å². The smallest absolute Gasteiger partial charge is 0.324 e. The van der Waals surface area contributed by atoms with Gasteiger partial charge >= 0.3 is 5.97 Å². The summed E-state index contributed by atoms with van der Waals surface area (Å²) in [6.07, 6.45) is 3.63. The van der Waals surface area contributed by atoms with Gasteiger partial charge < -0.3 is 10.4 Å². The van der Waals surface area contributed by atoms with Gasteiger partial charge in [0.05, 0.1) is 0 Å². The highest BCUT2D eigenvalue weighted by atomic mass is 32.2. The highest BCUT2D eigenvalue weighted by Crippen LogP contribution is 2.39. The van der Waals surface area contributed by atoms with Crippen LogP contribution in [0.5, 0.6) is 0 Å². The number of hydrogen-bond donors (Lipinski definition) is 2. The largest absolute Gasteiger partial charge is 0.480 e. The molecular formula is C13H21N3O2S2. The predicted molar refractivity (Wildman–Crippen MR) is 81.4 cm³/mol. The van der Waals surface area contributed by atoms with Crippen LogP contribution in [0.4, 0.5) is 0 Å². The Kier molecular flexibility index (Phi) is 5.40. The van der Waals surface area contributed by atoms with Gasteiger partial charge in [0.2, 0.25) is 0 Å². The molecule has 0 radical (unpaired) electrons. The molecule has 1 fully saturated rings. The lowest BCUT2D eigenvalue weighted by molar-refractivity contribution is -0.146. The second-order valence-corrected chi connectivity index (χ2v) is 7.64. The Morgan fingerprint density at radius 3 is 3.00 bits per heavy atom. The molecule has 0 aromatic carbocycles. The molecule has 0 spiro atoms. The second kappa shape index (κ2) is 6.87. The third kappa shape index (κ3) is 3.32. The van der Waals surface area contributed by atoms with E-state index in [-0.39, 0.29) is 5.92 Å². The predicted octanol–water partition coefficient (Wildman–Crippen LogP) is 2.56. The molecule has 1 heterocycles. The average Bonchev–Trinajstić information content (AvgIpc) is 2.98. The fourth-order valence-electron chi connectivity index (χ4n) is 3.00. The number of rotatable bonds is 7. The van der Waals surface area contributed by atoms with Crippen molar-refractivity contribution in [2.24, 2.45) is 5.92 Å². The molecule has 2 atom stereocenters. The molecule has 5 nitrogen and oxygen atoms in total. The van der Waals surface area contributed by atoms with Gasteiger partial charge in [0.25, 0.3) is 0 Å². The van der Waals surface area contributed by atoms with Crippen LogP contribution in [-0.2, 0) is 4.79 Å². The van der Waals surface area contributed by atoms with E-state index in [1.807, 2.05) is 13.8 Å². The molecule has 0 aliphatic heterocycles. The van der Waals surface area contributed by atoms with Crippen molar-refractivity contribution >= 4 is 29.1 Å². The normalized spacial score (nSPS) is 26.0. The minimum absolute atomic E-state index is 0.210. The van der Waals surface area contributed by atoms with Crippen LogP contribution in [0.3, 0.4) is 0 Å². The number of carboxylic acids is 1. The first kappa shape index (κ1) is 15.7. The highest BCUT2D eigenvalue weighted by Gasteiger charge is 2.48. The molecule has 20 heavy (non-hydrogen) atoms. The summed E-state index contributed by atoms with van der Waals surface area (Å²) in [5.74, 6) is 0.416. The lowest BCUT2D eigenvalue weighted by Crippen LogP contribution is -2.54. The zero-order chi connectivity index (χ0) is 14.6. The summed E-state index contributed by atoms with van der Waals surface area (Å²) in [7, 11) is 0. The molecule has 112 valence electrons. The lowest BCUT2D eigenvalue weighted by atomic mass is 9.85. The Hall–Kier alpha value is -0.660. The Labute approximate surface area is 127 Å². The van der Waals surface area contributed by atoms with Gasteiger partial charge in [-0.25, -0.2) is 0 Å². The number of aryl methyl sites for hydroxylation is 1.